The molecule has 2 aliphatic heterocycles. The van der Waals surface area contributed by atoms with Crippen LogP contribution in [0.25, 0.3) is 11.0 Å². The first-order chi connectivity index (χ1) is 23.9. The molecule has 0 spiro atoms. The van der Waals surface area contributed by atoms with E-state index in [9.17, 15) is 14.7 Å². The lowest BCUT2D eigenvalue weighted by Crippen LogP contribution is -2.47. The Labute approximate surface area is 285 Å². The van der Waals surface area contributed by atoms with Gasteiger partial charge in [0.05, 0.1) is 29.8 Å². The van der Waals surface area contributed by atoms with Crippen LogP contribution < -0.4 is 16.3 Å². The number of anilines is 1. The molecule has 10 heteroatoms. The highest BCUT2D eigenvalue weighted by atomic mass is 16.7. The summed E-state index contributed by atoms with van der Waals surface area (Å²) in [6.45, 7) is 4.99. The van der Waals surface area contributed by atoms with Crippen molar-refractivity contribution in [2.24, 2.45) is 5.92 Å². The molecule has 2 saturated heterocycles. The van der Waals surface area contributed by atoms with E-state index in [4.69, 9.17) is 9.47 Å². The Morgan fingerprint density at radius 3 is 2.41 bits per heavy atom. The Morgan fingerprint density at radius 2 is 1.63 bits per heavy atom. The summed E-state index contributed by atoms with van der Waals surface area (Å²) in [5.41, 5.74) is 6.12. The van der Waals surface area contributed by atoms with Gasteiger partial charge in [0.2, 0.25) is 0 Å². The molecule has 0 aliphatic carbocycles. The molecule has 2 aliphatic rings. The fourth-order valence-electron chi connectivity index (χ4n) is 7.10. The van der Waals surface area contributed by atoms with Crippen LogP contribution in [-0.2, 0) is 22.6 Å². The zero-order chi connectivity index (χ0) is 33.7. The van der Waals surface area contributed by atoms with Crippen molar-refractivity contribution < 1.29 is 19.4 Å². The van der Waals surface area contributed by atoms with Gasteiger partial charge in [-0.2, -0.15) is 0 Å². The van der Waals surface area contributed by atoms with Crippen LogP contribution in [0.2, 0.25) is 0 Å². The normalized spacial score (nSPS) is 21.8. The predicted molar refractivity (Wildman–Crippen MR) is 189 cm³/mol. The first kappa shape index (κ1) is 32.8. The zero-order valence-corrected chi connectivity index (χ0v) is 27.6. The second-order valence-corrected chi connectivity index (χ2v) is 13.1. The number of hydrogen-bond acceptors (Lipinski definition) is 6. The fraction of sp³-hybridized carbons (Fsp3) is 0.333. The van der Waals surface area contributed by atoms with E-state index in [0.29, 0.717) is 12.2 Å². The lowest BCUT2D eigenvalue weighted by molar-refractivity contribution is -0.276. The number of para-hydroxylation sites is 2. The molecule has 10 nitrogen and oxygen atoms in total. The molecular weight excluding hydrogens is 618 g/mol. The van der Waals surface area contributed by atoms with E-state index < -0.39 is 6.29 Å². The number of aromatic nitrogens is 2. The van der Waals surface area contributed by atoms with Gasteiger partial charge in [-0.05, 0) is 53.8 Å². The molecule has 4 N–H and O–H groups in total. The van der Waals surface area contributed by atoms with Crippen molar-refractivity contribution in [1.82, 2.24) is 19.8 Å². The number of aliphatic hydroxyl groups excluding tert-OH is 1. The molecule has 1 aromatic heterocycles. The Balaban J connectivity index is 1.06. The van der Waals surface area contributed by atoms with Gasteiger partial charge in [0.15, 0.2) is 6.29 Å². The lowest BCUT2D eigenvalue weighted by Gasteiger charge is -2.44. The number of urea groups is 1. The maximum atomic E-state index is 12.9. The van der Waals surface area contributed by atoms with E-state index in [2.05, 4.69) is 27.4 Å². The molecule has 2 fully saturated rings. The Hall–Kier alpha value is -4.74. The van der Waals surface area contributed by atoms with Crippen molar-refractivity contribution in [2.45, 2.75) is 57.5 Å². The van der Waals surface area contributed by atoms with Crippen LogP contribution in [0.15, 0.2) is 108 Å². The number of piperidine rings is 1. The number of imidazole rings is 1. The number of benzene rings is 4. The number of nitrogens with one attached hydrogen (secondary N) is 3. The SMILES string of the molecule is C[C@H]1[C@@H](CN2CCC(n3c(=O)[nH]c4ccccc43)CC2)O[C@@H](c2cccc(NC(=O)NCc3ccccc3)c2)O[C@H]1c1ccc(CO)cc1. The number of amides is 2. The number of fused-ring (bicyclic) bond motifs is 1. The van der Waals surface area contributed by atoms with Crippen LogP contribution in [0.4, 0.5) is 10.5 Å². The number of nitrogens with zero attached hydrogens (tertiary/aromatic N) is 2. The number of H-pyrrole nitrogens is 1. The predicted octanol–water partition coefficient (Wildman–Crippen LogP) is 6.27. The first-order valence-electron chi connectivity index (χ1n) is 17.1. The summed E-state index contributed by atoms with van der Waals surface area (Å²) in [5.74, 6) is 0.0373. The monoisotopic (exact) mass is 661 g/mol. The van der Waals surface area contributed by atoms with Gasteiger partial charge in [-0.25, -0.2) is 9.59 Å². The Bertz CT molecular complexity index is 1920. The molecule has 0 bridgehead atoms. The van der Waals surface area contributed by atoms with Crippen molar-refractivity contribution in [3.8, 4) is 0 Å². The highest BCUT2D eigenvalue weighted by Crippen LogP contribution is 2.42. The van der Waals surface area contributed by atoms with Crippen LogP contribution in [0.5, 0.6) is 0 Å². The molecule has 3 heterocycles. The second-order valence-electron chi connectivity index (χ2n) is 13.1. The Morgan fingerprint density at radius 1 is 0.878 bits per heavy atom. The number of carbonyl (C=O) groups excluding carboxylic acids is 1. The van der Waals surface area contributed by atoms with E-state index in [0.717, 1.165) is 65.8 Å². The van der Waals surface area contributed by atoms with Crippen LogP contribution >= 0.6 is 0 Å². The number of likely N-dealkylation sites (tertiary alicyclic amines) is 1. The van der Waals surface area contributed by atoms with E-state index in [1.54, 1.807) is 0 Å². The average Bonchev–Trinajstić information content (AvgIpc) is 3.48. The standard InChI is InChI=1S/C39H43N5O5/c1-26-35(24-43-20-18-32(19-21-43)44-34-13-6-5-12-33(34)42-39(44)47)48-37(49-36(26)29-16-14-28(25-45)15-17-29)30-10-7-11-31(22-30)41-38(46)40-23-27-8-3-2-4-9-27/h2-17,22,26,32,35-37,45H,18-21,23-25H2,1H3,(H,42,47)(H2,40,41,46)/t26-,35+,36+,37+/m0/s1. The van der Waals surface area contributed by atoms with Crippen molar-refractivity contribution in [3.63, 3.8) is 0 Å². The molecule has 49 heavy (non-hydrogen) atoms. The molecule has 0 unspecified atom stereocenters. The average molecular weight is 662 g/mol. The molecule has 254 valence electrons. The summed E-state index contributed by atoms with van der Waals surface area (Å²) in [7, 11) is 0. The van der Waals surface area contributed by atoms with Gasteiger partial charge in [-0.1, -0.05) is 85.8 Å². The topological polar surface area (TPSA) is 121 Å². The number of aliphatic hydroxyl groups is 1. The minimum atomic E-state index is -0.653. The number of hydrogen-bond donors (Lipinski definition) is 4. The second kappa shape index (κ2) is 14.8. The van der Waals surface area contributed by atoms with Crippen LogP contribution in [0, 0.1) is 5.92 Å². The summed E-state index contributed by atoms with van der Waals surface area (Å²) < 4.78 is 15.3. The van der Waals surface area contributed by atoms with Gasteiger partial charge in [-0.15, -0.1) is 0 Å². The largest absolute Gasteiger partial charge is 0.392 e. The summed E-state index contributed by atoms with van der Waals surface area (Å²) in [4.78, 5) is 31.0. The molecule has 0 saturated carbocycles. The highest BCUT2D eigenvalue weighted by Gasteiger charge is 2.39. The zero-order valence-electron chi connectivity index (χ0n) is 27.6. The summed E-state index contributed by atoms with van der Waals surface area (Å²) in [6, 6.07) is 33.0. The third-order valence-electron chi connectivity index (χ3n) is 9.82. The first-order valence-corrected chi connectivity index (χ1v) is 17.1. The maximum Gasteiger partial charge on any atom is 0.326 e. The smallest absolute Gasteiger partial charge is 0.326 e. The molecule has 7 rings (SSSR count). The van der Waals surface area contributed by atoms with Gasteiger partial charge < -0.3 is 35.1 Å². The molecular formula is C39H43N5O5. The van der Waals surface area contributed by atoms with E-state index in [1.165, 1.54) is 0 Å². The highest BCUT2D eigenvalue weighted by molar-refractivity contribution is 5.89. The Kier molecular flexibility index (Phi) is 9.90. The molecule has 4 aromatic carbocycles. The van der Waals surface area contributed by atoms with E-state index >= 15 is 0 Å². The van der Waals surface area contributed by atoms with Crippen molar-refractivity contribution in [3.05, 3.63) is 136 Å². The van der Waals surface area contributed by atoms with Crippen molar-refractivity contribution >= 4 is 22.8 Å². The number of carbonyl (C=O) groups is 1. The summed E-state index contributed by atoms with van der Waals surface area (Å²) >= 11 is 0. The maximum absolute atomic E-state index is 12.9. The molecule has 2 amide bonds. The van der Waals surface area contributed by atoms with Crippen LogP contribution in [0.3, 0.4) is 0 Å². The van der Waals surface area contributed by atoms with Gasteiger partial charge >= 0.3 is 11.7 Å². The number of ether oxygens (including phenoxy) is 2. The van der Waals surface area contributed by atoms with Crippen LogP contribution in [0.1, 0.15) is 60.5 Å². The quantitative estimate of drug-likeness (QED) is 0.148. The van der Waals surface area contributed by atoms with Gasteiger partial charge in [0.1, 0.15) is 0 Å². The van der Waals surface area contributed by atoms with Gasteiger partial charge in [0.25, 0.3) is 0 Å². The van der Waals surface area contributed by atoms with Gasteiger partial charge in [0, 0.05) is 49.4 Å². The van der Waals surface area contributed by atoms with Crippen LogP contribution in [-0.4, -0.2) is 51.3 Å². The van der Waals surface area contributed by atoms with Crippen molar-refractivity contribution in [2.75, 3.05) is 25.0 Å². The summed E-state index contributed by atoms with van der Waals surface area (Å²) in [6.07, 6.45) is 0.702. The van der Waals surface area contributed by atoms with Gasteiger partial charge in [-0.3, -0.25) is 4.57 Å². The molecule has 4 atom stereocenters. The summed E-state index contributed by atoms with van der Waals surface area (Å²) in [5, 5.41) is 15.5. The van der Waals surface area contributed by atoms with E-state index in [1.807, 2.05) is 108 Å². The fourth-order valence-corrected chi connectivity index (χ4v) is 7.10. The lowest BCUT2D eigenvalue weighted by atomic mass is 9.89. The van der Waals surface area contributed by atoms with E-state index in [-0.39, 0.29) is 42.5 Å². The molecule has 5 aromatic rings. The number of rotatable bonds is 9. The third-order valence-corrected chi connectivity index (χ3v) is 9.82. The number of aromatic amines is 1. The molecule has 0 radical (unpaired) electrons. The van der Waals surface area contributed by atoms with Crippen molar-refractivity contribution in [1.29, 1.82) is 0 Å². The minimum Gasteiger partial charge on any atom is -0.392 e. The third kappa shape index (κ3) is 7.47. The minimum absolute atomic E-state index is 0.0188.